The number of hydrogen-bond acceptors (Lipinski definition) is 6. The number of ether oxygens (including phenoxy) is 1. The topological polar surface area (TPSA) is 92.8 Å². The van der Waals surface area contributed by atoms with Gasteiger partial charge in [0.1, 0.15) is 10.6 Å². The van der Waals surface area contributed by atoms with Crippen molar-refractivity contribution >= 4 is 40.0 Å². The van der Waals surface area contributed by atoms with Gasteiger partial charge in [0.25, 0.3) is 11.8 Å². The van der Waals surface area contributed by atoms with Crippen molar-refractivity contribution in [3.63, 3.8) is 0 Å². The summed E-state index contributed by atoms with van der Waals surface area (Å²) >= 11 is 1.26. The molecule has 3 aromatic rings. The zero-order valence-corrected chi connectivity index (χ0v) is 20.4. The number of imide groups is 1. The standard InChI is InChI=1S/C27H26N2O5S/c1-3-17-11-13-18(14-12-17)21-16-35-24(23(21)27(33)34-4-2)28-22(30)10-7-15-29-25(31)19-8-5-6-9-20(19)26(29)32/h5-6,8-9,11-14,16H,3-4,7,10,15H2,1-2H3,(H,28,30). The number of carbonyl (C=O) groups excluding carboxylic acids is 4. The van der Waals surface area contributed by atoms with Gasteiger partial charge in [0.2, 0.25) is 5.91 Å². The zero-order valence-electron chi connectivity index (χ0n) is 19.6. The highest BCUT2D eigenvalue weighted by atomic mass is 32.1. The Balaban J connectivity index is 1.43. The maximum Gasteiger partial charge on any atom is 0.341 e. The number of carbonyl (C=O) groups is 4. The van der Waals surface area contributed by atoms with Crippen molar-refractivity contribution in [3.05, 3.63) is 76.2 Å². The van der Waals surface area contributed by atoms with Crippen LogP contribution in [-0.2, 0) is 16.0 Å². The molecule has 0 fully saturated rings. The molecule has 2 heterocycles. The third kappa shape index (κ3) is 5.02. The van der Waals surface area contributed by atoms with Crippen LogP contribution in [0.15, 0.2) is 53.9 Å². The Bertz CT molecular complexity index is 1240. The van der Waals surface area contributed by atoms with Crippen LogP contribution in [0, 0.1) is 0 Å². The molecule has 1 N–H and O–H groups in total. The lowest BCUT2D eigenvalue weighted by Gasteiger charge is -2.13. The van der Waals surface area contributed by atoms with Crippen molar-refractivity contribution in [1.29, 1.82) is 0 Å². The molecule has 1 aliphatic heterocycles. The molecular weight excluding hydrogens is 464 g/mol. The first-order chi connectivity index (χ1) is 16.9. The Morgan fingerprint density at radius 3 is 2.20 bits per heavy atom. The van der Waals surface area contributed by atoms with Crippen molar-refractivity contribution in [3.8, 4) is 11.1 Å². The molecule has 3 amide bonds. The maximum absolute atomic E-state index is 12.7. The number of nitrogens with one attached hydrogen (secondary N) is 1. The lowest BCUT2D eigenvalue weighted by atomic mass is 10.0. The molecule has 4 rings (SSSR count). The predicted molar refractivity (Wildman–Crippen MR) is 135 cm³/mol. The highest BCUT2D eigenvalue weighted by Crippen LogP contribution is 2.36. The number of rotatable bonds is 9. The second-order valence-corrected chi connectivity index (χ2v) is 8.96. The van der Waals surface area contributed by atoms with Crippen LogP contribution in [0.4, 0.5) is 5.00 Å². The van der Waals surface area contributed by atoms with Crippen molar-refractivity contribution in [2.75, 3.05) is 18.5 Å². The molecule has 1 aliphatic rings. The summed E-state index contributed by atoms with van der Waals surface area (Å²) in [5.41, 5.74) is 3.87. The van der Waals surface area contributed by atoms with Crippen molar-refractivity contribution < 1.29 is 23.9 Å². The third-order valence-electron chi connectivity index (χ3n) is 5.86. The minimum absolute atomic E-state index is 0.0914. The molecule has 1 aromatic heterocycles. The number of benzene rings is 2. The summed E-state index contributed by atoms with van der Waals surface area (Å²) in [7, 11) is 0. The lowest BCUT2D eigenvalue weighted by Crippen LogP contribution is -2.31. The number of amides is 3. The first-order valence-corrected chi connectivity index (χ1v) is 12.5. The van der Waals surface area contributed by atoms with Gasteiger partial charge < -0.3 is 10.1 Å². The molecule has 2 aromatic carbocycles. The Morgan fingerprint density at radius 1 is 0.943 bits per heavy atom. The smallest absolute Gasteiger partial charge is 0.341 e. The van der Waals surface area contributed by atoms with E-state index in [4.69, 9.17) is 4.74 Å². The molecule has 0 radical (unpaired) electrons. The molecule has 0 aliphatic carbocycles. The van der Waals surface area contributed by atoms with Crippen LogP contribution in [0.25, 0.3) is 11.1 Å². The van der Waals surface area contributed by atoms with Gasteiger partial charge in [-0.2, -0.15) is 0 Å². The van der Waals surface area contributed by atoms with Crippen molar-refractivity contribution in [2.24, 2.45) is 0 Å². The van der Waals surface area contributed by atoms with Crippen LogP contribution in [0.3, 0.4) is 0 Å². The van der Waals surface area contributed by atoms with Gasteiger partial charge in [-0.1, -0.05) is 43.3 Å². The minimum Gasteiger partial charge on any atom is -0.462 e. The van der Waals surface area contributed by atoms with Gasteiger partial charge in [-0.15, -0.1) is 11.3 Å². The quantitative estimate of drug-likeness (QED) is 0.330. The van der Waals surface area contributed by atoms with Crippen LogP contribution in [0.5, 0.6) is 0 Å². The van der Waals surface area contributed by atoms with Gasteiger partial charge in [-0.3, -0.25) is 19.3 Å². The van der Waals surface area contributed by atoms with E-state index in [0.717, 1.165) is 12.0 Å². The van der Waals surface area contributed by atoms with Crippen molar-refractivity contribution in [1.82, 2.24) is 4.90 Å². The summed E-state index contributed by atoms with van der Waals surface area (Å²) in [6, 6.07) is 14.6. The summed E-state index contributed by atoms with van der Waals surface area (Å²) in [5, 5.41) is 5.07. The molecule has 0 spiro atoms. The lowest BCUT2D eigenvalue weighted by molar-refractivity contribution is -0.116. The molecule has 180 valence electrons. The average molecular weight is 491 g/mol. The number of thiophene rings is 1. The number of anilines is 1. The van der Waals surface area contributed by atoms with E-state index in [1.54, 1.807) is 31.2 Å². The molecular formula is C27H26N2O5S. The average Bonchev–Trinajstić information content (AvgIpc) is 3.39. The second kappa shape index (κ2) is 10.7. The Labute approximate surface area is 207 Å². The summed E-state index contributed by atoms with van der Waals surface area (Å²) in [6.45, 7) is 4.17. The van der Waals surface area contributed by atoms with E-state index < -0.39 is 5.97 Å². The van der Waals surface area contributed by atoms with E-state index >= 15 is 0 Å². The Kier molecular flexibility index (Phi) is 7.41. The van der Waals surface area contributed by atoms with Gasteiger partial charge in [0.15, 0.2) is 0 Å². The van der Waals surface area contributed by atoms with E-state index in [0.29, 0.717) is 33.7 Å². The monoisotopic (exact) mass is 490 g/mol. The van der Waals surface area contributed by atoms with Gasteiger partial charge in [0.05, 0.1) is 17.7 Å². The Morgan fingerprint density at radius 2 is 1.60 bits per heavy atom. The van der Waals surface area contributed by atoms with Gasteiger partial charge in [-0.05, 0) is 43.0 Å². The summed E-state index contributed by atoms with van der Waals surface area (Å²) in [5.74, 6) is -1.48. The van der Waals surface area contributed by atoms with E-state index in [2.05, 4.69) is 12.2 Å². The molecule has 0 bridgehead atoms. The number of fused-ring (bicyclic) bond motifs is 1. The van der Waals surface area contributed by atoms with E-state index in [1.807, 2.05) is 29.6 Å². The highest BCUT2D eigenvalue weighted by molar-refractivity contribution is 7.15. The van der Waals surface area contributed by atoms with Crippen LogP contribution < -0.4 is 5.32 Å². The first-order valence-electron chi connectivity index (χ1n) is 11.6. The molecule has 0 saturated heterocycles. The fraction of sp³-hybridized carbons (Fsp3) is 0.259. The summed E-state index contributed by atoms with van der Waals surface area (Å²) in [4.78, 5) is 51.6. The largest absolute Gasteiger partial charge is 0.462 e. The number of esters is 1. The van der Waals surface area contributed by atoms with E-state index in [9.17, 15) is 19.2 Å². The third-order valence-corrected chi connectivity index (χ3v) is 6.76. The molecule has 35 heavy (non-hydrogen) atoms. The summed E-state index contributed by atoms with van der Waals surface area (Å²) < 4.78 is 5.25. The van der Waals surface area contributed by atoms with Crippen molar-refractivity contribution in [2.45, 2.75) is 33.1 Å². The van der Waals surface area contributed by atoms with Crippen LogP contribution in [0.2, 0.25) is 0 Å². The zero-order chi connectivity index (χ0) is 24.9. The van der Waals surface area contributed by atoms with Gasteiger partial charge in [-0.25, -0.2) is 4.79 Å². The number of nitrogens with zero attached hydrogens (tertiary/aromatic N) is 1. The molecule has 0 saturated carbocycles. The van der Waals surface area contributed by atoms with Crippen LogP contribution in [0.1, 0.15) is 63.3 Å². The second-order valence-electron chi connectivity index (χ2n) is 8.08. The molecule has 0 unspecified atom stereocenters. The highest BCUT2D eigenvalue weighted by Gasteiger charge is 2.34. The van der Waals surface area contributed by atoms with Crippen LogP contribution >= 0.6 is 11.3 Å². The number of hydrogen-bond donors (Lipinski definition) is 1. The maximum atomic E-state index is 12.7. The summed E-state index contributed by atoms with van der Waals surface area (Å²) in [6.07, 6.45) is 1.31. The van der Waals surface area contributed by atoms with Gasteiger partial charge in [0, 0.05) is 23.9 Å². The molecule has 0 atom stereocenters. The molecule has 7 nitrogen and oxygen atoms in total. The van der Waals surface area contributed by atoms with Crippen LogP contribution in [-0.4, -0.2) is 41.7 Å². The minimum atomic E-state index is -0.496. The van der Waals surface area contributed by atoms with Gasteiger partial charge >= 0.3 is 5.97 Å². The fourth-order valence-corrected chi connectivity index (χ4v) is 4.99. The predicted octanol–water partition coefficient (Wildman–Crippen LogP) is 5.17. The molecule has 8 heteroatoms. The normalized spacial score (nSPS) is 12.6. The Hall–Kier alpha value is -3.78. The first kappa shape index (κ1) is 24.3. The van der Waals surface area contributed by atoms with E-state index in [1.165, 1.54) is 21.8 Å². The van der Waals surface area contributed by atoms with E-state index in [-0.39, 0.29) is 37.3 Å². The number of aryl methyl sites for hydroxylation is 1. The SMILES string of the molecule is CCOC(=O)c1c(-c2ccc(CC)cc2)csc1NC(=O)CCCN1C(=O)c2ccccc2C1=O. The fourth-order valence-electron chi connectivity index (χ4n) is 4.02.